The number of methoxy groups -OCH3 is 1. The average Bonchev–Trinajstić information content (AvgIpc) is 2.93. The van der Waals surface area contributed by atoms with Gasteiger partial charge in [0.2, 0.25) is 0 Å². The summed E-state index contributed by atoms with van der Waals surface area (Å²) < 4.78 is 6.32. The van der Waals surface area contributed by atoms with Gasteiger partial charge in [0.1, 0.15) is 0 Å². The van der Waals surface area contributed by atoms with Crippen LogP contribution in [-0.4, -0.2) is 62.3 Å². The third-order valence-electron chi connectivity index (χ3n) is 4.01. The van der Waals surface area contributed by atoms with E-state index in [9.17, 15) is 14.8 Å². The predicted octanol–water partition coefficient (Wildman–Crippen LogP) is 0.782. The summed E-state index contributed by atoms with van der Waals surface area (Å²) in [6.45, 7) is -0.180. The third kappa shape index (κ3) is 3.75. The molecule has 0 saturated carbocycles. The molecule has 0 radical (unpaired) electrons. The van der Waals surface area contributed by atoms with E-state index in [-0.39, 0.29) is 26.3 Å². The van der Waals surface area contributed by atoms with Gasteiger partial charge in [-0.15, -0.1) is 0 Å². The Labute approximate surface area is 152 Å². The van der Waals surface area contributed by atoms with Crippen LogP contribution in [0.5, 0.6) is 5.75 Å². The molecule has 0 aliphatic carbocycles. The number of amides is 2. The summed E-state index contributed by atoms with van der Waals surface area (Å²) in [6.07, 6.45) is -0.209. The van der Waals surface area contributed by atoms with Crippen LogP contribution in [0.3, 0.4) is 0 Å². The SMILES string of the molecule is COc1ccc(C([Se]c2ccccc2)C2N(O)CC(=O)N2C=O)cc1. The topological polar surface area (TPSA) is 70.1 Å². The van der Waals surface area contributed by atoms with Crippen LogP contribution >= 0.6 is 0 Å². The molecule has 1 aliphatic rings. The number of imide groups is 1. The number of carbonyl (C=O) groups is 2. The Hall–Kier alpha value is -2.18. The van der Waals surface area contributed by atoms with Gasteiger partial charge >= 0.3 is 152 Å². The fourth-order valence-electron chi connectivity index (χ4n) is 2.77. The van der Waals surface area contributed by atoms with Gasteiger partial charge in [-0.25, -0.2) is 0 Å². The second kappa shape index (κ2) is 7.80. The van der Waals surface area contributed by atoms with Crippen molar-refractivity contribution < 1.29 is 19.5 Å². The van der Waals surface area contributed by atoms with Crippen LogP contribution < -0.4 is 9.20 Å². The molecule has 130 valence electrons. The van der Waals surface area contributed by atoms with E-state index < -0.39 is 12.1 Å². The second-order valence-electron chi connectivity index (χ2n) is 5.54. The van der Waals surface area contributed by atoms with Crippen molar-refractivity contribution in [2.75, 3.05) is 13.7 Å². The van der Waals surface area contributed by atoms with Crippen LogP contribution in [-0.2, 0) is 9.59 Å². The maximum atomic E-state index is 12.0. The van der Waals surface area contributed by atoms with E-state index >= 15 is 0 Å². The first kappa shape index (κ1) is 17.6. The van der Waals surface area contributed by atoms with Crippen LogP contribution in [0, 0.1) is 0 Å². The van der Waals surface area contributed by atoms with Crippen LogP contribution in [0.15, 0.2) is 54.6 Å². The van der Waals surface area contributed by atoms with Gasteiger partial charge in [-0.2, -0.15) is 0 Å². The third-order valence-corrected chi connectivity index (χ3v) is 6.77. The van der Waals surface area contributed by atoms with Gasteiger partial charge in [-0.1, -0.05) is 0 Å². The Bertz CT molecular complexity index is 739. The van der Waals surface area contributed by atoms with Crippen molar-refractivity contribution in [1.82, 2.24) is 9.96 Å². The first-order chi connectivity index (χ1) is 12.1. The van der Waals surface area contributed by atoms with Crippen LogP contribution in [0.25, 0.3) is 0 Å². The summed E-state index contributed by atoms with van der Waals surface area (Å²) in [7, 11) is 1.60. The monoisotopic (exact) mass is 406 g/mol. The Morgan fingerprint density at radius 3 is 2.48 bits per heavy atom. The number of carbonyl (C=O) groups excluding carboxylic acids is 2. The number of hydrogen-bond acceptors (Lipinski definition) is 5. The van der Waals surface area contributed by atoms with Gasteiger partial charge in [0.25, 0.3) is 0 Å². The molecule has 1 heterocycles. The van der Waals surface area contributed by atoms with Gasteiger partial charge in [0, 0.05) is 0 Å². The number of hydrogen-bond donors (Lipinski definition) is 1. The molecule has 1 saturated heterocycles. The van der Waals surface area contributed by atoms with E-state index in [2.05, 4.69) is 0 Å². The molecule has 6 nitrogen and oxygen atoms in total. The molecular weight excluding hydrogens is 387 g/mol. The summed E-state index contributed by atoms with van der Waals surface area (Å²) in [5.74, 6) is 0.329. The van der Waals surface area contributed by atoms with Gasteiger partial charge < -0.3 is 0 Å². The quantitative estimate of drug-likeness (QED) is 0.568. The van der Waals surface area contributed by atoms with E-state index in [1.807, 2.05) is 54.6 Å². The van der Waals surface area contributed by atoms with E-state index in [0.717, 1.165) is 25.7 Å². The second-order valence-corrected chi connectivity index (χ2v) is 8.09. The first-order valence-electron chi connectivity index (χ1n) is 7.71. The van der Waals surface area contributed by atoms with Crippen molar-refractivity contribution >= 4 is 31.7 Å². The molecule has 2 aromatic carbocycles. The van der Waals surface area contributed by atoms with Crippen LogP contribution in [0.1, 0.15) is 10.4 Å². The number of rotatable bonds is 6. The van der Waals surface area contributed by atoms with Crippen LogP contribution in [0.2, 0.25) is 0 Å². The van der Waals surface area contributed by atoms with Crippen molar-refractivity contribution in [3.63, 3.8) is 0 Å². The molecule has 7 heteroatoms. The standard InChI is InChI=1S/C18H18N2O4Se/c1-24-14-9-7-13(8-10-14)17(25-15-5-3-2-4-6-15)18-19(12-21)16(22)11-20(18)23/h2-10,12,17-18,23H,11H2,1H3. The maximum absolute atomic E-state index is 12.0. The Kier molecular flexibility index (Phi) is 5.50. The Morgan fingerprint density at radius 1 is 1.20 bits per heavy atom. The summed E-state index contributed by atoms with van der Waals surface area (Å²) in [6, 6.07) is 17.4. The number of benzene rings is 2. The van der Waals surface area contributed by atoms with Crippen molar-refractivity contribution in [3.05, 3.63) is 60.2 Å². The van der Waals surface area contributed by atoms with Crippen molar-refractivity contribution in [2.45, 2.75) is 11.0 Å². The van der Waals surface area contributed by atoms with Crippen molar-refractivity contribution in [1.29, 1.82) is 0 Å². The average molecular weight is 405 g/mol. The zero-order valence-corrected chi connectivity index (χ0v) is 15.3. The first-order valence-corrected chi connectivity index (χ1v) is 9.56. The molecule has 2 aromatic rings. The number of nitrogens with zero attached hydrogens (tertiary/aromatic N) is 2. The zero-order chi connectivity index (χ0) is 17.8. The molecule has 2 amide bonds. The van der Waals surface area contributed by atoms with Gasteiger partial charge in [0.05, 0.1) is 0 Å². The molecule has 25 heavy (non-hydrogen) atoms. The van der Waals surface area contributed by atoms with Gasteiger partial charge in [0.15, 0.2) is 0 Å². The Balaban J connectivity index is 1.98. The summed E-state index contributed by atoms with van der Waals surface area (Å²) in [5, 5.41) is 11.2. The normalized spacial score (nSPS) is 19.0. The fraction of sp³-hybridized carbons (Fsp3) is 0.222. The summed E-state index contributed by atoms with van der Waals surface area (Å²) >= 11 is -0.104. The minimum atomic E-state index is -0.710. The molecule has 2 atom stereocenters. The molecule has 0 spiro atoms. The molecular formula is C18H18N2O4Se. The van der Waals surface area contributed by atoms with Crippen molar-refractivity contribution in [3.8, 4) is 5.75 Å². The van der Waals surface area contributed by atoms with Crippen LogP contribution in [0.4, 0.5) is 0 Å². The van der Waals surface area contributed by atoms with Gasteiger partial charge in [-0.3, -0.25) is 0 Å². The molecule has 0 aromatic heterocycles. The minimum absolute atomic E-state index is 0.104. The van der Waals surface area contributed by atoms with E-state index in [1.54, 1.807) is 7.11 Å². The number of hydroxylamine groups is 2. The predicted molar refractivity (Wildman–Crippen MR) is 92.8 cm³/mol. The molecule has 1 fully saturated rings. The van der Waals surface area contributed by atoms with E-state index in [0.29, 0.717) is 6.41 Å². The molecule has 1 N–H and O–H groups in total. The van der Waals surface area contributed by atoms with Crippen molar-refractivity contribution in [2.24, 2.45) is 0 Å². The Morgan fingerprint density at radius 2 is 1.88 bits per heavy atom. The summed E-state index contributed by atoms with van der Waals surface area (Å²) in [4.78, 5) is 24.3. The van der Waals surface area contributed by atoms with E-state index in [4.69, 9.17) is 4.74 Å². The molecule has 2 unspecified atom stereocenters. The summed E-state index contributed by atoms with van der Waals surface area (Å²) in [5.41, 5.74) is 0.940. The van der Waals surface area contributed by atoms with E-state index in [1.165, 1.54) is 0 Å². The molecule has 0 bridgehead atoms. The fourth-order valence-corrected chi connectivity index (χ4v) is 5.48. The molecule has 3 rings (SSSR count). The zero-order valence-electron chi connectivity index (χ0n) is 13.6. The van der Waals surface area contributed by atoms with Gasteiger partial charge in [-0.05, 0) is 0 Å². The number of ether oxygens (including phenoxy) is 1. The molecule has 1 aliphatic heterocycles.